The van der Waals surface area contributed by atoms with Gasteiger partial charge in [-0.05, 0) is 13.0 Å². The number of para-hydroxylation sites is 1. The van der Waals surface area contributed by atoms with E-state index in [-0.39, 0.29) is 11.5 Å². The molecule has 1 aromatic carbocycles. The number of aromatic carboxylic acids is 1. The number of carbonyl (C=O) groups is 2. The van der Waals surface area contributed by atoms with Gasteiger partial charge in [-0.15, -0.1) is 0 Å². The summed E-state index contributed by atoms with van der Waals surface area (Å²) in [5, 5.41) is 13.7. The number of carboxylic acids is 1. The van der Waals surface area contributed by atoms with E-state index in [2.05, 4.69) is 10.3 Å². The molecule has 0 aliphatic rings. The summed E-state index contributed by atoms with van der Waals surface area (Å²) < 4.78 is 1.90. The highest BCUT2D eigenvalue weighted by molar-refractivity contribution is 6.19. The molecular weight excluding hydrogens is 282 g/mol. The van der Waals surface area contributed by atoms with E-state index < -0.39 is 5.97 Å². The molecule has 0 saturated carbocycles. The Kier molecular flexibility index (Phi) is 3.09. The monoisotopic (exact) mass is 297 g/mol. The van der Waals surface area contributed by atoms with E-state index in [0.717, 1.165) is 10.9 Å². The van der Waals surface area contributed by atoms with Crippen molar-refractivity contribution in [3.8, 4) is 0 Å². The van der Waals surface area contributed by atoms with Crippen LogP contribution in [-0.2, 0) is 11.8 Å². The van der Waals surface area contributed by atoms with Gasteiger partial charge in [-0.25, -0.2) is 9.78 Å². The first-order valence-corrected chi connectivity index (χ1v) is 6.80. The molecule has 6 nitrogen and oxygen atoms in total. The minimum absolute atomic E-state index is 0.0269. The van der Waals surface area contributed by atoms with Crippen LogP contribution in [0.3, 0.4) is 0 Å². The van der Waals surface area contributed by atoms with Crippen LogP contribution in [0.2, 0.25) is 0 Å². The van der Waals surface area contributed by atoms with E-state index in [9.17, 15) is 14.7 Å². The van der Waals surface area contributed by atoms with Gasteiger partial charge >= 0.3 is 5.97 Å². The quantitative estimate of drug-likeness (QED) is 0.761. The number of pyridine rings is 1. The van der Waals surface area contributed by atoms with E-state index in [1.54, 1.807) is 6.92 Å². The molecule has 2 aromatic heterocycles. The molecule has 0 bridgehead atoms. The molecule has 0 unspecified atom stereocenters. The lowest BCUT2D eigenvalue weighted by atomic mass is 10.1. The first kappa shape index (κ1) is 14.1. The van der Waals surface area contributed by atoms with Crippen LogP contribution in [0.5, 0.6) is 0 Å². The first-order chi connectivity index (χ1) is 10.4. The van der Waals surface area contributed by atoms with Gasteiger partial charge < -0.3 is 15.0 Å². The summed E-state index contributed by atoms with van der Waals surface area (Å²) in [6.07, 6.45) is 0. The molecule has 1 amide bonds. The molecule has 0 saturated heterocycles. The van der Waals surface area contributed by atoms with Crippen LogP contribution >= 0.6 is 0 Å². The van der Waals surface area contributed by atoms with Gasteiger partial charge in [0, 0.05) is 19.4 Å². The lowest BCUT2D eigenvalue weighted by molar-refractivity contribution is -0.114. The van der Waals surface area contributed by atoms with Gasteiger partial charge in [0.15, 0.2) is 0 Å². The third-order valence-corrected chi connectivity index (χ3v) is 3.73. The molecule has 0 spiro atoms. The van der Waals surface area contributed by atoms with E-state index in [1.165, 1.54) is 6.92 Å². The summed E-state index contributed by atoms with van der Waals surface area (Å²) >= 11 is 0. The van der Waals surface area contributed by atoms with Gasteiger partial charge in [0.25, 0.3) is 0 Å². The summed E-state index contributed by atoms with van der Waals surface area (Å²) in [6, 6.07) is 7.61. The summed E-state index contributed by atoms with van der Waals surface area (Å²) in [5.41, 5.74) is 2.28. The Bertz CT molecular complexity index is 941. The van der Waals surface area contributed by atoms with Crippen LogP contribution in [0.25, 0.3) is 21.9 Å². The summed E-state index contributed by atoms with van der Waals surface area (Å²) in [5.74, 6) is -1.43. The summed E-state index contributed by atoms with van der Waals surface area (Å²) in [6.45, 7) is 2.99. The van der Waals surface area contributed by atoms with Crippen LogP contribution in [-0.4, -0.2) is 26.5 Å². The highest BCUT2D eigenvalue weighted by Crippen LogP contribution is 2.36. The number of fused-ring (bicyclic) bond motifs is 3. The number of aromatic nitrogens is 2. The topological polar surface area (TPSA) is 84.2 Å². The molecule has 0 fully saturated rings. The number of rotatable bonds is 2. The fourth-order valence-electron chi connectivity index (χ4n) is 2.84. The average molecular weight is 297 g/mol. The molecule has 3 aromatic rings. The highest BCUT2D eigenvalue weighted by Gasteiger charge is 2.23. The largest absolute Gasteiger partial charge is 0.478 e. The van der Waals surface area contributed by atoms with E-state index in [4.69, 9.17) is 0 Å². The standard InChI is InChI=1S/C16H15N3O3/c1-8-12(16(21)22)14(18-9(2)20)13-10-6-4-5-7-11(10)19(3)15(13)17-8/h4-7H,1-3H3,(H,21,22)(H,17,18,20). The normalized spacial score (nSPS) is 11.0. The molecule has 2 N–H and O–H groups in total. The fourth-order valence-corrected chi connectivity index (χ4v) is 2.84. The second kappa shape index (κ2) is 4.84. The smallest absolute Gasteiger partial charge is 0.339 e. The van der Waals surface area contributed by atoms with E-state index in [0.29, 0.717) is 22.4 Å². The maximum Gasteiger partial charge on any atom is 0.339 e. The SMILES string of the molecule is CC(=O)Nc1c(C(=O)O)c(C)nc2c1c1ccccc1n2C. The third kappa shape index (κ3) is 1.92. The second-order valence-corrected chi connectivity index (χ2v) is 5.21. The number of carbonyl (C=O) groups excluding carboxylic acids is 1. The van der Waals surface area contributed by atoms with Crippen LogP contribution < -0.4 is 5.32 Å². The molecular formula is C16H15N3O3. The van der Waals surface area contributed by atoms with Crippen molar-refractivity contribution in [2.75, 3.05) is 5.32 Å². The van der Waals surface area contributed by atoms with Crippen molar-refractivity contribution in [3.63, 3.8) is 0 Å². The number of nitrogens with one attached hydrogen (secondary N) is 1. The minimum atomic E-state index is -1.11. The number of anilines is 1. The zero-order chi connectivity index (χ0) is 16.0. The number of carboxylic acid groups (broad SMARTS) is 1. The molecule has 0 aliphatic heterocycles. The lowest BCUT2D eigenvalue weighted by Gasteiger charge is -2.11. The Hall–Kier alpha value is -2.89. The van der Waals surface area contributed by atoms with Crippen LogP contribution in [0, 0.1) is 6.92 Å². The predicted molar refractivity (Wildman–Crippen MR) is 84.2 cm³/mol. The minimum Gasteiger partial charge on any atom is -0.478 e. The predicted octanol–water partition coefficient (Wildman–Crippen LogP) is 2.69. The molecule has 22 heavy (non-hydrogen) atoms. The molecule has 0 atom stereocenters. The van der Waals surface area contributed by atoms with Gasteiger partial charge in [0.05, 0.1) is 22.3 Å². The van der Waals surface area contributed by atoms with Crippen molar-refractivity contribution in [2.45, 2.75) is 13.8 Å². The number of hydrogen-bond donors (Lipinski definition) is 2. The Morgan fingerprint density at radius 2 is 1.95 bits per heavy atom. The third-order valence-electron chi connectivity index (χ3n) is 3.73. The molecule has 3 rings (SSSR count). The second-order valence-electron chi connectivity index (χ2n) is 5.21. The highest BCUT2D eigenvalue weighted by atomic mass is 16.4. The van der Waals surface area contributed by atoms with Crippen LogP contribution in [0.15, 0.2) is 24.3 Å². The van der Waals surface area contributed by atoms with Crippen LogP contribution in [0.4, 0.5) is 5.69 Å². The fraction of sp³-hybridized carbons (Fsp3) is 0.188. The molecule has 6 heteroatoms. The van der Waals surface area contributed by atoms with E-state index >= 15 is 0 Å². The first-order valence-electron chi connectivity index (χ1n) is 6.80. The number of hydrogen-bond acceptors (Lipinski definition) is 3. The Morgan fingerprint density at radius 1 is 1.27 bits per heavy atom. The average Bonchev–Trinajstić information content (AvgIpc) is 2.71. The van der Waals surface area contributed by atoms with Crippen molar-refractivity contribution < 1.29 is 14.7 Å². The summed E-state index contributed by atoms with van der Waals surface area (Å²) in [7, 11) is 1.87. The molecule has 0 radical (unpaired) electrons. The van der Waals surface area contributed by atoms with Gasteiger partial charge in [-0.3, -0.25) is 4.79 Å². The van der Waals surface area contributed by atoms with Crippen molar-refractivity contribution in [2.24, 2.45) is 7.05 Å². The number of nitrogens with zero attached hydrogens (tertiary/aromatic N) is 2. The Morgan fingerprint density at radius 3 is 2.59 bits per heavy atom. The zero-order valence-corrected chi connectivity index (χ0v) is 12.5. The van der Waals surface area contributed by atoms with Crippen molar-refractivity contribution in [1.29, 1.82) is 0 Å². The van der Waals surface area contributed by atoms with Gasteiger partial charge in [0.2, 0.25) is 5.91 Å². The van der Waals surface area contributed by atoms with Crippen molar-refractivity contribution >= 4 is 39.5 Å². The van der Waals surface area contributed by atoms with Gasteiger partial charge in [-0.2, -0.15) is 0 Å². The molecule has 2 heterocycles. The number of aryl methyl sites for hydroxylation is 2. The lowest BCUT2D eigenvalue weighted by Crippen LogP contribution is -2.14. The van der Waals surface area contributed by atoms with E-state index in [1.807, 2.05) is 35.9 Å². The maximum absolute atomic E-state index is 11.6. The van der Waals surface area contributed by atoms with Crippen molar-refractivity contribution in [1.82, 2.24) is 9.55 Å². The molecule has 0 aliphatic carbocycles. The van der Waals surface area contributed by atoms with Gasteiger partial charge in [0.1, 0.15) is 11.2 Å². The number of amides is 1. The Labute approximate surface area is 126 Å². The van der Waals surface area contributed by atoms with Crippen LogP contribution in [0.1, 0.15) is 23.0 Å². The summed E-state index contributed by atoms with van der Waals surface area (Å²) in [4.78, 5) is 27.6. The maximum atomic E-state index is 11.6. The van der Waals surface area contributed by atoms with Crippen molar-refractivity contribution in [3.05, 3.63) is 35.5 Å². The number of benzene rings is 1. The van der Waals surface area contributed by atoms with Gasteiger partial charge in [-0.1, -0.05) is 18.2 Å². The zero-order valence-electron chi connectivity index (χ0n) is 12.5. The Balaban J connectivity index is 2.58. The molecule has 112 valence electrons.